The second-order valence-corrected chi connectivity index (χ2v) is 17.1. The van der Waals surface area contributed by atoms with Crippen molar-refractivity contribution in [1.82, 2.24) is 14.1 Å². The summed E-state index contributed by atoms with van der Waals surface area (Å²) in [6, 6.07) is 16.4. The number of carbonyl (C=O) groups excluding carboxylic acids is 1. The topological polar surface area (TPSA) is 84.3 Å². The highest BCUT2D eigenvalue weighted by molar-refractivity contribution is 6.74. The number of hydrogen-bond donors (Lipinski definition) is 1. The van der Waals surface area contributed by atoms with E-state index >= 15 is 0 Å². The fourth-order valence-corrected chi connectivity index (χ4v) is 5.53. The first kappa shape index (κ1) is 29.9. The van der Waals surface area contributed by atoms with E-state index in [0.29, 0.717) is 13.2 Å². The quantitative estimate of drug-likeness (QED) is 0.133. The predicted molar refractivity (Wildman–Crippen MR) is 165 cm³/mol. The van der Waals surface area contributed by atoms with Crippen LogP contribution in [0, 0.1) is 0 Å². The zero-order valence-corrected chi connectivity index (χ0v) is 25.9. The number of amides is 1. The molecule has 9 heteroatoms. The van der Waals surface area contributed by atoms with Crippen molar-refractivity contribution in [3.05, 3.63) is 83.5 Å². The van der Waals surface area contributed by atoms with E-state index < -0.39 is 14.2 Å². The SMILES string of the molecule is CC(C)(C)[Si](C)(C)OCC(CCn1ccc2ccc(OCCCc3ccc(Cl)cc3)cc21)n1cnc(C(N)=O)c1. The summed E-state index contributed by atoms with van der Waals surface area (Å²) in [6.07, 6.45) is 8.20. The maximum atomic E-state index is 11.7. The average Bonchev–Trinajstić information content (AvgIpc) is 3.55. The van der Waals surface area contributed by atoms with Crippen LogP contribution in [0.1, 0.15) is 55.7 Å². The lowest BCUT2D eigenvalue weighted by atomic mass is 10.1. The molecule has 0 aliphatic rings. The Morgan fingerprint density at radius 2 is 1.88 bits per heavy atom. The van der Waals surface area contributed by atoms with Gasteiger partial charge in [-0.1, -0.05) is 44.5 Å². The predicted octanol–water partition coefficient (Wildman–Crippen LogP) is 7.25. The molecule has 214 valence electrons. The Bertz CT molecular complexity index is 1420. The number of carbonyl (C=O) groups is 1. The minimum absolute atomic E-state index is 0.0134. The van der Waals surface area contributed by atoms with E-state index in [1.54, 1.807) is 12.5 Å². The number of ether oxygens (including phenoxy) is 1. The number of nitrogens with zero attached hydrogens (tertiary/aromatic N) is 3. The zero-order chi connectivity index (χ0) is 28.9. The van der Waals surface area contributed by atoms with Crippen molar-refractivity contribution in [2.75, 3.05) is 13.2 Å². The van der Waals surface area contributed by atoms with E-state index in [1.807, 2.05) is 22.8 Å². The summed E-state index contributed by atoms with van der Waals surface area (Å²) in [5.74, 6) is 0.335. The van der Waals surface area contributed by atoms with Crippen molar-refractivity contribution >= 4 is 36.7 Å². The summed E-state index contributed by atoms with van der Waals surface area (Å²) >= 11 is 5.98. The minimum atomic E-state index is -1.96. The maximum Gasteiger partial charge on any atom is 0.268 e. The molecule has 4 aromatic rings. The van der Waals surface area contributed by atoms with Gasteiger partial charge in [0.2, 0.25) is 0 Å². The number of benzene rings is 2. The van der Waals surface area contributed by atoms with Crippen LogP contribution in [0.15, 0.2) is 67.3 Å². The molecule has 2 N–H and O–H groups in total. The molecule has 0 saturated heterocycles. The molecule has 2 aromatic carbocycles. The van der Waals surface area contributed by atoms with Gasteiger partial charge in [0, 0.05) is 30.0 Å². The van der Waals surface area contributed by atoms with Crippen molar-refractivity contribution in [1.29, 1.82) is 0 Å². The largest absolute Gasteiger partial charge is 0.494 e. The van der Waals surface area contributed by atoms with Crippen molar-refractivity contribution < 1.29 is 14.0 Å². The maximum absolute atomic E-state index is 11.7. The molecule has 1 amide bonds. The molecule has 0 fully saturated rings. The Morgan fingerprint density at radius 1 is 1.12 bits per heavy atom. The van der Waals surface area contributed by atoms with Crippen molar-refractivity contribution in [2.24, 2.45) is 5.73 Å². The van der Waals surface area contributed by atoms with Gasteiger partial charge in [0.25, 0.3) is 5.91 Å². The Labute approximate surface area is 243 Å². The third kappa shape index (κ3) is 7.56. The summed E-state index contributed by atoms with van der Waals surface area (Å²) in [7, 11) is -1.96. The third-order valence-corrected chi connectivity index (χ3v) is 12.7. The molecule has 4 rings (SSSR count). The molecule has 0 radical (unpaired) electrons. The van der Waals surface area contributed by atoms with Crippen LogP contribution >= 0.6 is 11.6 Å². The lowest BCUT2D eigenvalue weighted by Gasteiger charge is -2.37. The molecular formula is C31H41ClN4O3Si. The number of imidazole rings is 1. The van der Waals surface area contributed by atoms with Crippen LogP contribution in [-0.4, -0.2) is 41.6 Å². The minimum Gasteiger partial charge on any atom is -0.494 e. The summed E-state index contributed by atoms with van der Waals surface area (Å²) < 4.78 is 16.9. The molecule has 0 spiro atoms. The molecule has 0 aliphatic heterocycles. The molecule has 7 nitrogen and oxygen atoms in total. The van der Waals surface area contributed by atoms with Crippen LogP contribution < -0.4 is 10.5 Å². The summed E-state index contributed by atoms with van der Waals surface area (Å²) in [5, 5.41) is 2.03. The number of nitrogens with two attached hydrogens (primary N) is 1. The molecule has 40 heavy (non-hydrogen) atoms. The van der Waals surface area contributed by atoms with E-state index in [1.165, 1.54) is 10.9 Å². The van der Waals surface area contributed by atoms with E-state index in [4.69, 9.17) is 26.5 Å². The molecule has 2 aromatic heterocycles. The standard InChI is InChI=1S/C31H41ClN4O3Si/c1-31(2,3)40(4,5)39-21-26(36-20-28(30(33)37)34-22-36)15-17-35-16-14-24-10-13-27(19-29(24)35)38-18-6-7-23-8-11-25(32)12-9-23/h8-14,16,19-20,22,26H,6-7,15,17-18,21H2,1-5H3,(H2,33,37). The highest BCUT2D eigenvalue weighted by Crippen LogP contribution is 2.37. The highest BCUT2D eigenvalue weighted by atomic mass is 35.5. The Balaban J connectivity index is 1.42. The first-order chi connectivity index (χ1) is 18.9. The van der Waals surface area contributed by atoms with Gasteiger partial charge in [-0.05, 0) is 78.7 Å². The van der Waals surface area contributed by atoms with Crippen LogP contribution in [-0.2, 0) is 17.4 Å². The smallest absolute Gasteiger partial charge is 0.268 e. The molecule has 0 aliphatic carbocycles. The molecular weight excluding hydrogens is 540 g/mol. The molecule has 0 saturated carbocycles. The fourth-order valence-electron chi connectivity index (χ4n) is 4.36. The van der Waals surface area contributed by atoms with E-state index in [2.05, 4.69) is 79.9 Å². The number of halogens is 1. The van der Waals surface area contributed by atoms with Crippen LogP contribution in [0.2, 0.25) is 23.2 Å². The van der Waals surface area contributed by atoms with E-state index in [9.17, 15) is 4.79 Å². The summed E-state index contributed by atoms with van der Waals surface area (Å²) in [4.78, 5) is 15.9. The Morgan fingerprint density at radius 3 is 2.55 bits per heavy atom. The van der Waals surface area contributed by atoms with Gasteiger partial charge in [-0.3, -0.25) is 4.79 Å². The Kier molecular flexibility index (Phi) is 9.43. The molecule has 1 unspecified atom stereocenters. The Hall–Kier alpha value is -3.07. The van der Waals surface area contributed by atoms with Gasteiger partial charge in [0.15, 0.2) is 8.32 Å². The van der Waals surface area contributed by atoms with Gasteiger partial charge in [-0.25, -0.2) is 4.98 Å². The van der Waals surface area contributed by atoms with Gasteiger partial charge < -0.3 is 24.0 Å². The summed E-state index contributed by atoms with van der Waals surface area (Å²) in [6.45, 7) is 13.2. The van der Waals surface area contributed by atoms with Crippen molar-refractivity contribution in [3.63, 3.8) is 0 Å². The molecule has 1 atom stereocenters. The number of aromatic nitrogens is 3. The molecule has 0 bridgehead atoms. The van der Waals surface area contributed by atoms with Crippen LogP contribution in [0.4, 0.5) is 0 Å². The van der Waals surface area contributed by atoms with E-state index in [-0.39, 0.29) is 16.8 Å². The third-order valence-electron chi connectivity index (χ3n) is 7.96. The zero-order valence-electron chi connectivity index (χ0n) is 24.2. The van der Waals surface area contributed by atoms with Gasteiger partial charge in [-0.15, -0.1) is 0 Å². The van der Waals surface area contributed by atoms with Crippen LogP contribution in [0.25, 0.3) is 10.9 Å². The van der Waals surface area contributed by atoms with Gasteiger partial charge >= 0.3 is 0 Å². The number of aryl methyl sites for hydroxylation is 2. The number of rotatable bonds is 13. The van der Waals surface area contributed by atoms with E-state index in [0.717, 1.165) is 42.1 Å². The lowest BCUT2D eigenvalue weighted by molar-refractivity contribution is 0.0995. The molecule has 2 heterocycles. The van der Waals surface area contributed by atoms with Crippen molar-refractivity contribution in [3.8, 4) is 5.75 Å². The van der Waals surface area contributed by atoms with Gasteiger partial charge in [0.1, 0.15) is 11.4 Å². The summed E-state index contributed by atoms with van der Waals surface area (Å²) in [5.41, 5.74) is 8.12. The first-order valence-electron chi connectivity index (χ1n) is 13.9. The first-order valence-corrected chi connectivity index (χ1v) is 17.1. The van der Waals surface area contributed by atoms with Crippen molar-refractivity contribution in [2.45, 2.75) is 70.8 Å². The van der Waals surface area contributed by atoms with Crippen LogP contribution in [0.3, 0.4) is 0 Å². The van der Waals surface area contributed by atoms with Gasteiger partial charge in [-0.2, -0.15) is 0 Å². The number of hydrogen-bond acceptors (Lipinski definition) is 4. The monoisotopic (exact) mass is 580 g/mol. The second kappa shape index (κ2) is 12.6. The lowest BCUT2D eigenvalue weighted by Crippen LogP contribution is -2.42. The normalized spacial score (nSPS) is 13.1. The highest BCUT2D eigenvalue weighted by Gasteiger charge is 2.37. The van der Waals surface area contributed by atoms with Gasteiger partial charge in [0.05, 0.1) is 31.1 Å². The second-order valence-electron chi connectivity index (χ2n) is 11.9. The number of fused-ring (bicyclic) bond motifs is 1. The fraction of sp³-hybridized carbons (Fsp3) is 0.419. The average molecular weight is 581 g/mol. The van der Waals surface area contributed by atoms with Crippen LogP contribution in [0.5, 0.6) is 5.75 Å². The number of primary amides is 1.